The van der Waals surface area contributed by atoms with Gasteiger partial charge in [-0.25, -0.2) is 0 Å². The molecule has 5 nitrogen and oxygen atoms in total. The van der Waals surface area contributed by atoms with Crippen LogP contribution in [0.15, 0.2) is 30.3 Å². The molecule has 0 atom stereocenters. The molecule has 0 heterocycles. The summed E-state index contributed by atoms with van der Waals surface area (Å²) in [4.78, 5) is 10.3. The fourth-order valence-corrected chi connectivity index (χ4v) is 2.21. The van der Waals surface area contributed by atoms with Crippen LogP contribution < -0.4 is 10.9 Å². The molecule has 0 aliphatic rings. The van der Waals surface area contributed by atoms with E-state index in [0.29, 0.717) is 16.3 Å². The highest BCUT2D eigenvalue weighted by Crippen LogP contribution is 2.30. The van der Waals surface area contributed by atoms with Crippen molar-refractivity contribution in [2.75, 3.05) is 10.9 Å². The fourth-order valence-electron chi connectivity index (χ4n) is 1.80. The fraction of sp³-hybridized carbons (Fsp3) is 0.143. The highest BCUT2D eigenvalue weighted by molar-refractivity contribution is 6.33. The van der Waals surface area contributed by atoms with Gasteiger partial charge in [-0.2, -0.15) is 0 Å². The summed E-state index contributed by atoms with van der Waals surface area (Å²) in [5.74, 6) is 0. The van der Waals surface area contributed by atoms with E-state index in [4.69, 9.17) is 23.2 Å². The Kier molecular flexibility index (Phi) is 4.55. The van der Waals surface area contributed by atoms with Crippen LogP contribution in [-0.2, 0) is 0 Å². The van der Waals surface area contributed by atoms with E-state index in [1.807, 2.05) is 13.0 Å². The molecule has 2 aromatic carbocycles. The lowest BCUT2D eigenvalue weighted by Gasteiger charge is -2.14. The van der Waals surface area contributed by atoms with E-state index >= 15 is 0 Å². The third-order valence-corrected chi connectivity index (χ3v) is 3.56. The van der Waals surface area contributed by atoms with Gasteiger partial charge < -0.3 is 10.9 Å². The molecule has 0 aliphatic heterocycles. The molecule has 0 radical (unpaired) electrons. The lowest BCUT2D eigenvalue weighted by Crippen LogP contribution is -2.11. The van der Waals surface area contributed by atoms with Crippen molar-refractivity contribution in [3.63, 3.8) is 0 Å². The summed E-state index contributed by atoms with van der Waals surface area (Å²) in [5.41, 5.74) is 9.09. The van der Waals surface area contributed by atoms with Gasteiger partial charge in [-0.3, -0.25) is 10.1 Å². The number of nitro groups is 1. The molecule has 0 saturated heterocycles. The van der Waals surface area contributed by atoms with Crippen LogP contribution >= 0.6 is 23.2 Å². The van der Waals surface area contributed by atoms with Crippen LogP contribution in [0.25, 0.3) is 0 Å². The van der Waals surface area contributed by atoms with Crippen LogP contribution in [0.2, 0.25) is 10.0 Å². The average molecular weight is 326 g/mol. The Bertz CT molecular complexity index is 705. The number of aryl methyl sites for hydroxylation is 2. The number of nitro benzene ring substituents is 1. The molecule has 0 saturated carbocycles. The van der Waals surface area contributed by atoms with Gasteiger partial charge in [0.05, 0.1) is 16.3 Å². The molecule has 21 heavy (non-hydrogen) atoms. The summed E-state index contributed by atoms with van der Waals surface area (Å²) in [6.07, 6.45) is 0. The summed E-state index contributed by atoms with van der Waals surface area (Å²) in [6, 6.07) is 8.42. The van der Waals surface area contributed by atoms with Crippen LogP contribution in [0.4, 0.5) is 17.1 Å². The predicted octanol–water partition coefficient (Wildman–Crippen LogP) is 4.96. The highest BCUT2D eigenvalue weighted by Gasteiger charge is 2.15. The highest BCUT2D eigenvalue weighted by atomic mass is 35.5. The number of halogens is 2. The molecule has 2 aromatic rings. The van der Waals surface area contributed by atoms with Crippen molar-refractivity contribution in [1.29, 1.82) is 0 Å². The Hall–Kier alpha value is -1.98. The van der Waals surface area contributed by atoms with Gasteiger partial charge >= 0.3 is 0 Å². The van der Waals surface area contributed by atoms with Crippen molar-refractivity contribution >= 4 is 40.3 Å². The Labute approximate surface area is 132 Å². The zero-order valence-corrected chi connectivity index (χ0v) is 12.9. The summed E-state index contributed by atoms with van der Waals surface area (Å²) in [7, 11) is 0. The van der Waals surface area contributed by atoms with E-state index in [9.17, 15) is 10.1 Å². The largest absolute Gasteiger partial charge is 0.301 e. The van der Waals surface area contributed by atoms with Gasteiger partial charge in [-0.15, -0.1) is 0 Å². The summed E-state index contributed by atoms with van der Waals surface area (Å²) < 4.78 is 0. The minimum atomic E-state index is -0.506. The third-order valence-electron chi connectivity index (χ3n) is 3.02. The SMILES string of the molecule is Cc1ccc(Cl)cc1NNc1cc(Cl)c([N+](=O)[O-])cc1C. The molecule has 0 aromatic heterocycles. The van der Waals surface area contributed by atoms with Gasteiger partial charge in [0.1, 0.15) is 5.02 Å². The molecule has 0 aliphatic carbocycles. The minimum absolute atomic E-state index is 0.0812. The molecule has 0 unspecified atom stereocenters. The zero-order chi connectivity index (χ0) is 15.6. The van der Waals surface area contributed by atoms with E-state index in [1.54, 1.807) is 19.1 Å². The van der Waals surface area contributed by atoms with E-state index in [-0.39, 0.29) is 10.7 Å². The predicted molar refractivity (Wildman–Crippen MR) is 86.3 cm³/mol. The first-order valence-corrected chi connectivity index (χ1v) is 6.87. The second-order valence-corrected chi connectivity index (χ2v) is 5.43. The first-order chi connectivity index (χ1) is 9.88. The number of hydrogen-bond donors (Lipinski definition) is 2. The molecule has 0 amide bonds. The van der Waals surface area contributed by atoms with Crippen molar-refractivity contribution in [2.45, 2.75) is 13.8 Å². The van der Waals surface area contributed by atoms with Gasteiger partial charge in [0, 0.05) is 11.1 Å². The Morgan fingerprint density at radius 2 is 1.62 bits per heavy atom. The molecular formula is C14H13Cl2N3O2. The Morgan fingerprint density at radius 1 is 1.00 bits per heavy atom. The van der Waals surface area contributed by atoms with Crippen molar-refractivity contribution in [2.24, 2.45) is 0 Å². The van der Waals surface area contributed by atoms with Gasteiger partial charge in [0.2, 0.25) is 0 Å². The Morgan fingerprint density at radius 3 is 2.24 bits per heavy atom. The lowest BCUT2D eigenvalue weighted by molar-refractivity contribution is -0.384. The zero-order valence-electron chi connectivity index (χ0n) is 11.4. The number of nitrogens with zero attached hydrogens (tertiary/aromatic N) is 1. The van der Waals surface area contributed by atoms with E-state index in [2.05, 4.69) is 10.9 Å². The number of benzene rings is 2. The summed E-state index contributed by atoms with van der Waals surface area (Å²) >= 11 is 11.9. The number of rotatable bonds is 4. The quantitative estimate of drug-likeness (QED) is 0.616. The smallest absolute Gasteiger partial charge is 0.288 e. The molecule has 2 N–H and O–H groups in total. The monoisotopic (exact) mass is 325 g/mol. The van der Waals surface area contributed by atoms with Crippen LogP contribution in [0.5, 0.6) is 0 Å². The van der Waals surface area contributed by atoms with Crippen molar-refractivity contribution in [3.05, 3.63) is 61.6 Å². The van der Waals surface area contributed by atoms with Crippen LogP contribution in [0.1, 0.15) is 11.1 Å². The molecular weight excluding hydrogens is 313 g/mol. The second kappa shape index (κ2) is 6.20. The maximum absolute atomic E-state index is 10.8. The minimum Gasteiger partial charge on any atom is -0.301 e. The first kappa shape index (κ1) is 15.4. The molecule has 0 spiro atoms. The van der Waals surface area contributed by atoms with E-state index < -0.39 is 4.92 Å². The normalized spacial score (nSPS) is 10.3. The van der Waals surface area contributed by atoms with E-state index in [0.717, 1.165) is 11.3 Å². The van der Waals surface area contributed by atoms with Gasteiger partial charge in [-0.05, 0) is 43.2 Å². The molecule has 7 heteroatoms. The molecule has 0 fully saturated rings. The average Bonchev–Trinajstić information content (AvgIpc) is 2.42. The molecule has 0 bridgehead atoms. The molecule has 110 valence electrons. The topological polar surface area (TPSA) is 67.2 Å². The van der Waals surface area contributed by atoms with Gasteiger partial charge in [-0.1, -0.05) is 29.3 Å². The number of nitrogens with one attached hydrogen (secondary N) is 2. The summed E-state index contributed by atoms with van der Waals surface area (Å²) in [6.45, 7) is 3.70. The number of hydrogen-bond acceptors (Lipinski definition) is 4. The van der Waals surface area contributed by atoms with Crippen LogP contribution in [0, 0.1) is 24.0 Å². The maximum Gasteiger partial charge on any atom is 0.288 e. The van der Waals surface area contributed by atoms with Crippen LogP contribution in [0.3, 0.4) is 0 Å². The Balaban J connectivity index is 2.22. The van der Waals surface area contributed by atoms with Crippen LogP contribution in [-0.4, -0.2) is 4.92 Å². The second-order valence-electron chi connectivity index (χ2n) is 4.58. The lowest BCUT2D eigenvalue weighted by atomic mass is 10.2. The third kappa shape index (κ3) is 3.56. The molecule has 2 rings (SSSR count). The number of anilines is 2. The van der Waals surface area contributed by atoms with Gasteiger partial charge in [0.15, 0.2) is 0 Å². The first-order valence-electron chi connectivity index (χ1n) is 6.11. The van der Waals surface area contributed by atoms with Crippen molar-refractivity contribution in [1.82, 2.24) is 0 Å². The van der Waals surface area contributed by atoms with Crippen molar-refractivity contribution < 1.29 is 4.92 Å². The van der Waals surface area contributed by atoms with E-state index in [1.165, 1.54) is 12.1 Å². The number of hydrazine groups is 1. The standard InChI is InChI=1S/C14H13Cl2N3O2/c1-8-3-4-10(15)6-12(8)17-18-13-7-11(16)14(19(20)21)5-9(13)2/h3-7,17-18H,1-2H3. The maximum atomic E-state index is 10.8. The summed E-state index contributed by atoms with van der Waals surface area (Å²) in [5, 5.41) is 11.5. The van der Waals surface area contributed by atoms with Crippen molar-refractivity contribution in [3.8, 4) is 0 Å². The van der Waals surface area contributed by atoms with Gasteiger partial charge in [0.25, 0.3) is 5.69 Å².